The van der Waals surface area contributed by atoms with Gasteiger partial charge in [0.1, 0.15) is 22.3 Å². The predicted molar refractivity (Wildman–Crippen MR) is 526 cm³/mol. The summed E-state index contributed by atoms with van der Waals surface area (Å²) in [5, 5.41) is 15.7. The van der Waals surface area contributed by atoms with Gasteiger partial charge in [-0.05, 0) is 198 Å². The van der Waals surface area contributed by atoms with E-state index in [1.54, 1.807) is 0 Å². The van der Waals surface area contributed by atoms with Crippen molar-refractivity contribution in [3.8, 4) is 66.8 Å². The molecule has 0 saturated carbocycles. The van der Waals surface area contributed by atoms with Crippen LogP contribution in [0.25, 0.3) is 191 Å². The first kappa shape index (κ1) is 76.4. The van der Waals surface area contributed by atoms with Crippen LogP contribution in [-0.4, -0.2) is 0 Å². The van der Waals surface area contributed by atoms with Gasteiger partial charge in [0.15, 0.2) is 0 Å². The molecular weight excluding hydrogens is 1530 g/mol. The van der Waals surface area contributed by atoms with Crippen LogP contribution in [-0.2, 0) is 0 Å². The fourth-order valence-corrected chi connectivity index (χ4v) is 21.0. The fraction of sp³-hybridized carbons (Fsp3) is 0.0526. The highest BCUT2D eigenvalue weighted by Gasteiger charge is 2.18. The molecule has 0 N–H and O–H groups in total. The summed E-state index contributed by atoms with van der Waals surface area (Å²) in [5.41, 5.74) is 26.9. The second-order valence-electron chi connectivity index (χ2n) is 30.9. The molecular formula is C114H84O2S4. The zero-order valence-corrected chi connectivity index (χ0v) is 70.8. The molecule has 0 saturated heterocycles. The van der Waals surface area contributed by atoms with E-state index in [4.69, 9.17) is 8.83 Å². The SMILES string of the molecule is Cc1ccc(-c2ccc3sc4ccccc4c3c2)cc1.Cc1ccc(-c2cccc3c2sc2ccccc23)cc1.Cc1ccc(-c2ccccc2)c2c1oc1ccccc12.Cc1cccc(-c2ccc3sc4ccccc4c3c2)c1.Cc1cccc(-c2cccc3oc4ccccc4c23)c1.Cc1ccccc1-c1ccc2sc3ccccc3c2c1. The standard InChI is InChI=1S/2C19H14O.4C19H14S/c1-13-6-4-7-14(12-13)15-9-5-11-18-19(15)16-8-2-3-10-17(16)20-18;1-13-11-12-15(14-7-3-2-4-8-14)18-16-9-5-6-10-17(16)20-19(13)18;1-13-5-4-6-14(11-13)15-9-10-19-17(12-15)16-7-2-3-8-18(16)20-19;1-13-6-2-3-7-15(13)14-10-11-19-17(12-14)16-8-4-5-9-18(16)20-19;1-13-9-11-14(12-10-13)15-6-4-7-17-16-5-2-3-8-18(16)20-19(15)17;1-13-6-8-14(9-7-13)15-10-11-19-17(12-15)16-4-2-3-5-18(16)20-19/h6*2-12H,1H3. The van der Waals surface area contributed by atoms with Crippen LogP contribution in [0, 0.1) is 41.5 Å². The Morgan fingerprint density at radius 2 is 0.533 bits per heavy atom. The highest BCUT2D eigenvalue weighted by Crippen LogP contribution is 2.45. The topological polar surface area (TPSA) is 26.3 Å². The van der Waals surface area contributed by atoms with Crippen LogP contribution < -0.4 is 0 Å². The molecule has 0 atom stereocenters. The molecule has 0 aliphatic rings. The van der Waals surface area contributed by atoms with Gasteiger partial charge in [-0.1, -0.05) is 344 Å². The number of hydrogen-bond donors (Lipinski definition) is 0. The van der Waals surface area contributed by atoms with Crippen molar-refractivity contribution in [3.63, 3.8) is 0 Å². The second-order valence-corrected chi connectivity index (χ2v) is 35.2. The molecule has 24 rings (SSSR count). The van der Waals surface area contributed by atoms with Crippen molar-refractivity contribution in [3.05, 3.63) is 434 Å². The van der Waals surface area contributed by atoms with Crippen LogP contribution in [0.1, 0.15) is 33.4 Å². The molecule has 0 aliphatic carbocycles. The van der Waals surface area contributed by atoms with Gasteiger partial charge in [-0.3, -0.25) is 0 Å². The lowest BCUT2D eigenvalue weighted by Gasteiger charge is -2.05. The van der Waals surface area contributed by atoms with E-state index in [9.17, 15) is 0 Å². The van der Waals surface area contributed by atoms with Crippen molar-refractivity contribution in [2.75, 3.05) is 0 Å². The summed E-state index contributed by atoms with van der Waals surface area (Å²) in [6.45, 7) is 12.8. The third-order valence-corrected chi connectivity index (χ3v) is 27.3. The van der Waals surface area contributed by atoms with Crippen LogP contribution in [0.15, 0.2) is 409 Å². The molecule has 24 aromatic rings. The van der Waals surface area contributed by atoms with Crippen LogP contribution in [0.4, 0.5) is 0 Å². The maximum Gasteiger partial charge on any atom is 0.138 e. The fourth-order valence-electron chi connectivity index (χ4n) is 16.5. The Bertz CT molecular complexity index is 7840. The lowest BCUT2D eigenvalue weighted by molar-refractivity contribution is 0.666. The van der Waals surface area contributed by atoms with Gasteiger partial charge in [0.05, 0.1) is 0 Å². The first-order valence-electron chi connectivity index (χ1n) is 40.8. The van der Waals surface area contributed by atoms with Crippen LogP contribution in [0.5, 0.6) is 0 Å². The molecule has 120 heavy (non-hydrogen) atoms. The monoisotopic (exact) mass is 1610 g/mol. The van der Waals surface area contributed by atoms with Gasteiger partial charge in [-0.25, -0.2) is 0 Å². The Morgan fingerprint density at radius 1 is 0.175 bits per heavy atom. The molecule has 0 fully saturated rings. The molecule has 18 aromatic carbocycles. The Hall–Kier alpha value is -13.6. The van der Waals surface area contributed by atoms with Gasteiger partial charge in [-0.2, -0.15) is 0 Å². The highest BCUT2D eigenvalue weighted by atomic mass is 32.1. The van der Waals surface area contributed by atoms with Crippen LogP contribution in [0.3, 0.4) is 0 Å². The number of furan rings is 2. The number of rotatable bonds is 6. The van der Waals surface area contributed by atoms with E-state index in [-0.39, 0.29) is 0 Å². The molecule has 576 valence electrons. The largest absolute Gasteiger partial charge is 0.456 e. The Labute approximate surface area is 715 Å². The number of fused-ring (bicyclic) bond motifs is 18. The Morgan fingerprint density at radius 3 is 1.12 bits per heavy atom. The van der Waals surface area contributed by atoms with Crippen molar-refractivity contribution in [2.45, 2.75) is 41.5 Å². The predicted octanol–water partition coefficient (Wildman–Crippen LogP) is 35.2. The third kappa shape index (κ3) is 15.6. The van der Waals surface area contributed by atoms with Crippen LogP contribution in [0.2, 0.25) is 0 Å². The van der Waals surface area contributed by atoms with E-state index in [1.807, 2.05) is 81.7 Å². The normalized spacial score (nSPS) is 11.2. The van der Waals surface area contributed by atoms with Crippen molar-refractivity contribution in [1.82, 2.24) is 0 Å². The van der Waals surface area contributed by atoms with Crippen molar-refractivity contribution in [1.29, 1.82) is 0 Å². The minimum absolute atomic E-state index is 0.947. The zero-order valence-electron chi connectivity index (χ0n) is 67.6. The second kappa shape index (κ2) is 33.8. The quantitative estimate of drug-likeness (QED) is 0.166. The summed E-state index contributed by atoms with van der Waals surface area (Å²) < 4.78 is 22.9. The minimum atomic E-state index is 0.947. The van der Waals surface area contributed by atoms with Gasteiger partial charge >= 0.3 is 0 Å². The highest BCUT2D eigenvalue weighted by molar-refractivity contribution is 7.27. The molecule has 6 aromatic heterocycles. The van der Waals surface area contributed by atoms with E-state index in [0.29, 0.717) is 0 Å². The van der Waals surface area contributed by atoms with Gasteiger partial charge in [-0.15, -0.1) is 45.3 Å². The lowest BCUT2D eigenvalue weighted by Crippen LogP contribution is -1.81. The number of aryl methyl sites for hydroxylation is 6. The summed E-state index contributed by atoms with van der Waals surface area (Å²) in [4.78, 5) is 0. The smallest absolute Gasteiger partial charge is 0.138 e. The molecule has 6 heteroatoms. The molecule has 0 amide bonds. The van der Waals surface area contributed by atoms with E-state index in [1.165, 1.54) is 202 Å². The summed E-state index contributed by atoms with van der Waals surface area (Å²) in [6, 6.07) is 143. The maximum atomic E-state index is 6.05. The molecule has 6 heterocycles. The number of para-hydroxylation sites is 2. The average molecular weight is 1610 g/mol. The van der Waals surface area contributed by atoms with E-state index in [2.05, 4.69) is 406 Å². The van der Waals surface area contributed by atoms with Gasteiger partial charge in [0.2, 0.25) is 0 Å². The van der Waals surface area contributed by atoms with Gasteiger partial charge in [0, 0.05) is 102 Å². The summed E-state index contributed by atoms with van der Waals surface area (Å²) in [7, 11) is 0. The molecule has 2 nitrogen and oxygen atoms in total. The average Bonchev–Trinajstić information content (AvgIpc) is 1.59. The molecule has 0 radical (unpaired) electrons. The van der Waals surface area contributed by atoms with E-state index in [0.717, 1.165) is 22.3 Å². The zero-order chi connectivity index (χ0) is 81.2. The van der Waals surface area contributed by atoms with E-state index >= 15 is 0 Å². The number of thiophene rings is 4. The number of benzene rings is 18. The Kier molecular flexibility index (Phi) is 21.5. The minimum Gasteiger partial charge on any atom is -0.456 e. The van der Waals surface area contributed by atoms with E-state index < -0.39 is 0 Å². The Balaban J connectivity index is 0.0000000952. The first-order chi connectivity index (χ1) is 58.9. The molecule has 0 bridgehead atoms. The van der Waals surface area contributed by atoms with Crippen LogP contribution >= 0.6 is 45.3 Å². The molecule has 0 aliphatic heterocycles. The van der Waals surface area contributed by atoms with Gasteiger partial charge in [0.25, 0.3) is 0 Å². The maximum absolute atomic E-state index is 6.05. The lowest BCUT2D eigenvalue weighted by atomic mass is 9.98. The first-order valence-corrected chi connectivity index (χ1v) is 44.1. The van der Waals surface area contributed by atoms with Crippen molar-refractivity contribution in [2.24, 2.45) is 0 Å². The molecule has 0 spiro atoms. The van der Waals surface area contributed by atoms with Crippen molar-refractivity contribution < 1.29 is 8.83 Å². The number of hydrogen-bond acceptors (Lipinski definition) is 6. The summed E-state index contributed by atoms with van der Waals surface area (Å²) in [6.07, 6.45) is 0. The summed E-state index contributed by atoms with van der Waals surface area (Å²) in [5.74, 6) is 0. The van der Waals surface area contributed by atoms with Gasteiger partial charge < -0.3 is 8.83 Å². The van der Waals surface area contributed by atoms with Crippen molar-refractivity contribution >= 4 is 170 Å². The third-order valence-electron chi connectivity index (χ3n) is 22.6. The summed E-state index contributed by atoms with van der Waals surface area (Å²) >= 11 is 7.49. The molecule has 0 unspecified atom stereocenters.